The van der Waals surface area contributed by atoms with Crippen molar-refractivity contribution in [2.45, 2.75) is 19.4 Å². The van der Waals surface area contributed by atoms with Crippen LogP contribution < -0.4 is 5.32 Å². The highest BCUT2D eigenvalue weighted by molar-refractivity contribution is 5.88. The summed E-state index contributed by atoms with van der Waals surface area (Å²) in [7, 11) is 3.76. The van der Waals surface area contributed by atoms with Gasteiger partial charge in [0.2, 0.25) is 0 Å². The third kappa shape index (κ3) is 2.81. The van der Waals surface area contributed by atoms with Crippen molar-refractivity contribution in [2.24, 2.45) is 7.05 Å². The molecule has 0 radical (unpaired) electrons. The maximum atomic E-state index is 12.3. The van der Waals surface area contributed by atoms with E-state index in [1.165, 1.54) is 22.0 Å². The molecule has 22 heavy (non-hydrogen) atoms. The second-order valence-corrected chi connectivity index (χ2v) is 5.83. The molecule has 2 amide bonds. The first-order valence-corrected chi connectivity index (χ1v) is 7.78. The molecule has 5 nitrogen and oxygen atoms in total. The number of aryl methyl sites for hydroxylation is 1. The van der Waals surface area contributed by atoms with E-state index in [0.717, 1.165) is 19.4 Å². The fraction of sp³-hybridized carbons (Fsp3) is 0.471. The lowest BCUT2D eigenvalue weighted by molar-refractivity contribution is 0.184. The van der Waals surface area contributed by atoms with Crippen molar-refractivity contribution in [2.75, 3.05) is 26.8 Å². The van der Waals surface area contributed by atoms with Crippen LogP contribution in [0, 0.1) is 0 Å². The number of ether oxygens (including phenoxy) is 1. The van der Waals surface area contributed by atoms with Crippen molar-refractivity contribution in [3.05, 3.63) is 35.5 Å². The van der Waals surface area contributed by atoms with E-state index in [2.05, 4.69) is 41.3 Å². The first-order valence-electron chi connectivity index (χ1n) is 7.78. The number of aromatic nitrogens is 1. The summed E-state index contributed by atoms with van der Waals surface area (Å²) in [5, 5.41) is 4.30. The summed E-state index contributed by atoms with van der Waals surface area (Å²) in [5.41, 5.74) is 3.82. The van der Waals surface area contributed by atoms with Gasteiger partial charge in [0, 0.05) is 57.5 Å². The molecule has 1 N–H and O–H groups in total. The predicted octanol–water partition coefficient (Wildman–Crippen LogP) is 2.28. The Bertz CT molecular complexity index is 678. The molecule has 3 rings (SSSR count). The minimum atomic E-state index is 0.0163. The van der Waals surface area contributed by atoms with Crippen LogP contribution in [0.3, 0.4) is 0 Å². The second-order valence-electron chi connectivity index (χ2n) is 5.83. The number of nitrogens with one attached hydrogen (secondary N) is 1. The molecule has 0 saturated carbocycles. The fourth-order valence-corrected chi connectivity index (χ4v) is 3.18. The van der Waals surface area contributed by atoms with Crippen LogP contribution in [0.15, 0.2) is 24.4 Å². The van der Waals surface area contributed by atoms with Crippen LogP contribution in [0.4, 0.5) is 4.79 Å². The van der Waals surface area contributed by atoms with E-state index in [4.69, 9.17) is 4.74 Å². The molecule has 0 aliphatic carbocycles. The molecule has 1 aliphatic rings. The van der Waals surface area contributed by atoms with Crippen LogP contribution in [0.25, 0.3) is 10.9 Å². The van der Waals surface area contributed by atoms with E-state index in [0.29, 0.717) is 19.7 Å². The largest absolute Gasteiger partial charge is 0.385 e. The Hall–Kier alpha value is -2.01. The van der Waals surface area contributed by atoms with Crippen LogP contribution in [-0.4, -0.2) is 42.3 Å². The van der Waals surface area contributed by atoms with Crippen LogP contribution in [0.1, 0.15) is 17.5 Å². The zero-order valence-corrected chi connectivity index (χ0v) is 13.3. The Labute approximate surface area is 130 Å². The third-order valence-corrected chi connectivity index (χ3v) is 4.28. The highest BCUT2D eigenvalue weighted by atomic mass is 16.5. The van der Waals surface area contributed by atoms with Gasteiger partial charge < -0.3 is 19.5 Å². The van der Waals surface area contributed by atoms with Crippen molar-refractivity contribution in [1.29, 1.82) is 0 Å². The molecule has 0 saturated heterocycles. The molecule has 2 aromatic rings. The average molecular weight is 301 g/mol. The number of carbonyl (C=O) groups excluding carboxylic acids is 1. The number of hydrogen-bond acceptors (Lipinski definition) is 2. The lowest BCUT2D eigenvalue weighted by atomic mass is 10.1. The molecule has 2 heterocycles. The molecule has 0 atom stereocenters. The molecule has 1 aromatic carbocycles. The van der Waals surface area contributed by atoms with Gasteiger partial charge in [-0.1, -0.05) is 12.1 Å². The molecule has 5 heteroatoms. The van der Waals surface area contributed by atoms with Gasteiger partial charge in [-0.05, 0) is 30.0 Å². The molecular formula is C17H23N3O2. The molecule has 0 bridgehead atoms. The van der Waals surface area contributed by atoms with Crippen molar-refractivity contribution in [3.63, 3.8) is 0 Å². The monoisotopic (exact) mass is 301 g/mol. The van der Waals surface area contributed by atoms with Gasteiger partial charge in [-0.25, -0.2) is 4.79 Å². The maximum absolute atomic E-state index is 12.3. The predicted molar refractivity (Wildman–Crippen MR) is 86.9 cm³/mol. The number of nitrogens with zero attached hydrogens (tertiary/aromatic N) is 2. The van der Waals surface area contributed by atoms with Crippen LogP contribution in [-0.2, 0) is 24.8 Å². The fourth-order valence-electron chi connectivity index (χ4n) is 3.18. The second kappa shape index (κ2) is 6.40. The Morgan fingerprint density at radius 3 is 3.05 bits per heavy atom. The highest BCUT2D eigenvalue weighted by Crippen LogP contribution is 2.28. The summed E-state index contributed by atoms with van der Waals surface area (Å²) >= 11 is 0. The van der Waals surface area contributed by atoms with Gasteiger partial charge in [-0.15, -0.1) is 0 Å². The summed E-state index contributed by atoms with van der Waals surface area (Å²) in [6.45, 7) is 2.75. The number of urea groups is 1. The normalized spacial score (nSPS) is 14.2. The van der Waals surface area contributed by atoms with Crippen molar-refractivity contribution in [1.82, 2.24) is 14.8 Å². The summed E-state index contributed by atoms with van der Waals surface area (Å²) in [4.78, 5) is 14.2. The average Bonchev–Trinajstić information content (AvgIpc) is 2.73. The van der Waals surface area contributed by atoms with Crippen LogP contribution in [0.5, 0.6) is 0 Å². The van der Waals surface area contributed by atoms with Gasteiger partial charge >= 0.3 is 6.03 Å². The van der Waals surface area contributed by atoms with E-state index in [1.54, 1.807) is 7.11 Å². The van der Waals surface area contributed by atoms with E-state index >= 15 is 0 Å². The highest BCUT2D eigenvalue weighted by Gasteiger charge is 2.21. The summed E-state index contributed by atoms with van der Waals surface area (Å²) in [5.74, 6) is 0. The smallest absolute Gasteiger partial charge is 0.317 e. The Morgan fingerprint density at radius 1 is 1.36 bits per heavy atom. The van der Waals surface area contributed by atoms with Gasteiger partial charge in [0.25, 0.3) is 0 Å². The van der Waals surface area contributed by atoms with Gasteiger partial charge in [0.05, 0.1) is 0 Å². The number of carbonyl (C=O) groups is 1. The number of benzene rings is 1. The van der Waals surface area contributed by atoms with E-state index in [1.807, 2.05) is 4.90 Å². The summed E-state index contributed by atoms with van der Waals surface area (Å²) < 4.78 is 7.18. The zero-order chi connectivity index (χ0) is 15.5. The SMILES string of the molecule is COCCCNC(=O)N1CCc2cn(C)c3cccc(c23)C1. The van der Waals surface area contributed by atoms with E-state index in [9.17, 15) is 4.79 Å². The van der Waals surface area contributed by atoms with Crippen molar-refractivity contribution >= 4 is 16.9 Å². The minimum Gasteiger partial charge on any atom is -0.385 e. The Balaban J connectivity index is 1.74. The number of rotatable bonds is 4. The van der Waals surface area contributed by atoms with Gasteiger partial charge in [0.15, 0.2) is 0 Å². The molecule has 1 aliphatic heterocycles. The van der Waals surface area contributed by atoms with Crippen molar-refractivity contribution < 1.29 is 9.53 Å². The lowest BCUT2D eigenvalue weighted by Crippen LogP contribution is -2.40. The van der Waals surface area contributed by atoms with Crippen LogP contribution >= 0.6 is 0 Å². The van der Waals surface area contributed by atoms with Gasteiger partial charge in [-0.2, -0.15) is 0 Å². The Kier molecular flexibility index (Phi) is 4.34. The standard InChI is InChI=1S/C17H23N3O2/c1-19-11-14-7-9-20(17(21)18-8-4-10-22-2)12-13-5-3-6-15(19)16(13)14/h3,5-6,11H,4,7-10,12H2,1-2H3,(H,18,21). The third-order valence-electron chi connectivity index (χ3n) is 4.28. The van der Waals surface area contributed by atoms with Gasteiger partial charge in [-0.3, -0.25) is 0 Å². The molecule has 118 valence electrons. The summed E-state index contributed by atoms with van der Waals surface area (Å²) in [6, 6.07) is 6.36. The molecule has 0 unspecified atom stereocenters. The number of amides is 2. The molecule has 1 aromatic heterocycles. The number of hydrogen-bond donors (Lipinski definition) is 1. The van der Waals surface area contributed by atoms with E-state index in [-0.39, 0.29) is 6.03 Å². The quantitative estimate of drug-likeness (QED) is 0.881. The number of methoxy groups -OCH3 is 1. The van der Waals surface area contributed by atoms with Gasteiger partial charge in [0.1, 0.15) is 0 Å². The first-order chi connectivity index (χ1) is 10.7. The van der Waals surface area contributed by atoms with Crippen molar-refractivity contribution in [3.8, 4) is 0 Å². The van der Waals surface area contributed by atoms with E-state index < -0.39 is 0 Å². The molecule has 0 fully saturated rings. The topological polar surface area (TPSA) is 46.5 Å². The zero-order valence-electron chi connectivity index (χ0n) is 13.3. The maximum Gasteiger partial charge on any atom is 0.317 e. The lowest BCUT2D eigenvalue weighted by Gasteiger charge is -2.21. The first kappa shape index (κ1) is 14.9. The minimum absolute atomic E-state index is 0.0163. The molecule has 0 spiro atoms. The van der Waals surface area contributed by atoms with Crippen LogP contribution in [0.2, 0.25) is 0 Å². The molecular weight excluding hydrogens is 278 g/mol. The summed E-state index contributed by atoms with van der Waals surface area (Å²) in [6.07, 6.45) is 3.93. The Morgan fingerprint density at radius 2 is 2.23 bits per heavy atom.